The highest BCUT2D eigenvalue weighted by atomic mass is 35.5. The number of para-hydroxylation sites is 2. The van der Waals surface area contributed by atoms with E-state index in [0.717, 1.165) is 5.56 Å². The number of benzene rings is 2. The normalized spacial score (nSPS) is 11.0. The zero-order valence-corrected chi connectivity index (χ0v) is 13.5. The standard InChI is InChI=1S/C16H14ClN3O4/c1-11(12-6-8-13(17)9-7-12)18-19-16(21)10-24-15-5-3-2-4-14(15)20(22)23/h2-9H,10H2,1H3,(H,19,21). The van der Waals surface area contributed by atoms with Crippen molar-refractivity contribution >= 4 is 28.9 Å². The van der Waals surface area contributed by atoms with Gasteiger partial charge in [-0.25, -0.2) is 5.43 Å². The van der Waals surface area contributed by atoms with Crippen LogP contribution in [0.25, 0.3) is 0 Å². The molecule has 1 amide bonds. The summed E-state index contributed by atoms with van der Waals surface area (Å²) in [5, 5.41) is 15.4. The molecule has 0 aliphatic heterocycles. The smallest absolute Gasteiger partial charge is 0.310 e. The maximum atomic E-state index is 11.8. The van der Waals surface area contributed by atoms with E-state index >= 15 is 0 Å². The van der Waals surface area contributed by atoms with Gasteiger partial charge in [-0.15, -0.1) is 0 Å². The second kappa shape index (κ2) is 8.07. The third-order valence-corrected chi connectivity index (χ3v) is 3.28. The fourth-order valence-electron chi connectivity index (χ4n) is 1.81. The number of nitrogens with one attached hydrogen (secondary N) is 1. The molecule has 0 radical (unpaired) electrons. The largest absolute Gasteiger partial charge is 0.477 e. The lowest BCUT2D eigenvalue weighted by Gasteiger charge is -2.06. The van der Waals surface area contributed by atoms with Gasteiger partial charge in [-0.3, -0.25) is 14.9 Å². The van der Waals surface area contributed by atoms with Crippen LogP contribution in [-0.2, 0) is 4.79 Å². The molecule has 0 unspecified atom stereocenters. The van der Waals surface area contributed by atoms with Crippen LogP contribution in [0, 0.1) is 10.1 Å². The van der Waals surface area contributed by atoms with Gasteiger partial charge in [-0.05, 0) is 30.7 Å². The summed E-state index contributed by atoms with van der Waals surface area (Å²) in [5.41, 5.74) is 3.53. The van der Waals surface area contributed by atoms with Crippen LogP contribution in [-0.4, -0.2) is 23.1 Å². The molecule has 2 aromatic rings. The van der Waals surface area contributed by atoms with Crippen LogP contribution in [0.15, 0.2) is 53.6 Å². The van der Waals surface area contributed by atoms with Crippen LogP contribution < -0.4 is 10.2 Å². The number of nitro benzene ring substituents is 1. The monoisotopic (exact) mass is 347 g/mol. The van der Waals surface area contributed by atoms with Crippen LogP contribution in [0.4, 0.5) is 5.69 Å². The van der Waals surface area contributed by atoms with Gasteiger partial charge in [0, 0.05) is 11.1 Å². The summed E-state index contributed by atoms with van der Waals surface area (Å²) in [6.45, 7) is 1.34. The van der Waals surface area contributed by atoms with Crippen molar-refractivity contribution in [1.82, 2.24) is 5.43 Å². The minimum absolute atomic E-state index is 0.0241. The van der Waals surface area contributed by atoms with Gasteiger partial charge in [0.1, 0.15) is 0 Å². The first-order valence-electron chi connectivity index (χ1n) is 6.92. The minimum atomic E-state index is -0.573. The van der Waals surface area contributed by atoms with Gasteiger partial charge in [-0.1, -0.05) is 35.9 Å². The van der Waals surface area contributed by atoms with Crippen LogP contribution in [0.3, 0.4) is 0 Å². The zero-order valence-electron chi connectivity index (χ0n) is 12.7. The van der Waals surface area contributed by atoms with E-state index in [9.17, 15) is 14.9 Å². The van der Waals surface area contributed by atoms with E-state index < -0.39 is 10.8 Å². The predicted octanol–water partition coefficient (Wildman–Crippen LogP) is 3.17. The van der Waals surface area contributed by atoms with Crippen LogP contribution in [0.5, 0.6) is 5.75 Å². The summed E-state index contributed by atoms with van der Waals surface area (Å²) in [5.74, 6) is -0.502. The summed E-state index contributed by atoms with van der Waals surface area (Å²) < 4.78 is 5.17. The fourth-order valence-corrected chi connectivity index (χ4v) is 1.93. The molecule has 24 heavy (non-hydrogen) atoms. The molecule has 0 aromatic heterocycles. The van der Waals surface area contributed by atoms with Crippen molar-refractivity contribution in [3.8, 4) is 5.75 Å². The quantitative estimate of drug-likeness (QED) is 0.493. The minimum Gasteiger partial charge on any atom is -0.477 e. The Labute approximate surface area is 143 Å². The number of ether oxygens (including phenoxy) is 1. The number of nitrogens with zero attached hydrogens (tertiary/aromatic N) is 2. The summed E-state index contributed by atoms with van der Waals surface area (Å²) in [6.07, 6.45) is 0. The van der Waals surface area contributed by atoms with E-state index in [1.165, 1.54) is 18.2 Å². The van der Waals surface area contributed by atoms with Crippen LogP contribution in [0.1, 0.15) is 12.5 Å². The first kappa shape index (κ1) is 17.4. The molecular weight excluding hydrogens is 334 g/mol. The predicted molar refractivity (Wildman–Crippen MR) is 90.4 cm³/mol. The number of amides is 1. The fraction of sp³-hybridized carbons (Fsp3) is 0.125. The maximum Gasteiger partial charge on any atom is 0.310 e. The molecule has 0 aliphatic rings. The molecule has 2 aromatic carbocycles. The Kier molecular flexibility index (Phi) is 5.86. The lowest BCUT2D eigenvalue weighted by molar-refractivity contribution is -0.385. The van der Waals surface area contributed by atoms with Gasteiger partial charge in [-0.2, -0.15) is 5.10 Å². The van der Waals surface area contributed by atoms with Crippen molar-refractivity contribution in [2.24, 2.45) is 5.10 Å². The van der Waals surface area contributed by atoms with E-state index in [2.05, 4.69) is 10.5 Å². The summed E-state index contributed by atoms with van der Waals surface area (Å²) in [7, 11) is 0. The molecule has 0 saturated heterocycles. The van der Waals surface area contributed by atoms with E-state index in [1.807, 2.05) is 0 Å². The molecular formula is C16H14ClN3O4. The Morgan fingerprint density at radius 1 is 1.25 bits per heavy atom. The van der Waals surface area contributed by atoms with Crippen molar-refractivity contribution in [3.63, 3.8) is 0 Å². The number of hydrogen-bond acceptors (Lipinski definition) is 5. The van der Waals surface area contributed by atoms with E-state index in [0.29, 0.717) is 10.7 Å². The summed E-state index contributed by atoms with van der Waals surface area (Å²) in [6, 6.07) is 12.8. The third-order valence-electron chi connectivity index (χ3n) is 3.03. The van der Waals surface area contributed by atoms with Crippen LogP contribution >= 0.6 is 11.6 Å². The number of halogens is 1. The van der Waals surface area contributed by atoms with E-state index in [4.69, 9.17) is 16.3 Å². The number of nitro groups is 1. The molecule has 0 fully saturated rings. The second-order valence-electron chi connectivity index (χ2n) is 4.75. The van der Waals surface area contributed by atoms with Gasteiger partial charge in [0.15, 0.2) is 12.4 Å². The highest BCUT2D eigenvalue weighted by molar-refractivity contribution is 6.30. The lowest BCUT2D eigenvalue weighted by Crippen LogP contribution is -2.25. The van der Waals surface area contributed by atoms with Crippen molar-refractivity contribution in [1.29, 1.82) is 0 Å². The number of hydrazone groups is 1. The van der Waals surface area contributed by atoms with E-state index in [1.54, 1.807) is 37.3 Å². The number of carbonyl (C=O) groups excluding carboxylic acids is 1. The first-order chi connectivity index (χ1) is 11.5. The first-order valence-corrected chi connectivity index (χ1v) is 7.30. The molecule has 0 bridgehead atoms. The van der Waals surface area contributed by atoms with E-state index in [-0.39, 0.29) is 18.0 Å². The highest BCUT2D eigenvalue weighted by Gasteiger charge is 2.14. The second-order valence-corrected chi connectivity index (χ2v) is 5.19. The molecule has 8 heteroatoms. The maximum absolute atomic E-state index is 11.8. The Balaban J connectivity index is 1.93. The average Bonchev–Trinajstić information content (AvgIpc) is 2.58. The third kappa shape index (κ3) is 4.79. The zero-order chi connectivity index (χ0) is 17.5. The molecule has 0 spiro atoms. The number of hydrogen-bond donors (Lipinski definition) is 1. The molecule has 0 heterocycles. The van der Waals surface area contributed by atoms with Gasteiger partial charge in [0.25, 0.3) is 5.91 Å². The number of carbonyl (C=O) groups is 1. The Morgan fingerprint density at radius 2 is 1.92 bits per heavy atom. The lowest BCUT2D eigenvalue weighted by atomic mass is 10.1. The molecule has 0 atom stereocenters. The van der Waals surface area contributed by atoms with Gasteiger partial charge in [0.2, 0.25) is 0 Å². The van der Waals surface area contributed by atoms with Crippen molar-refractivity contribution in [3.05, 3.63) is 69.2 Å². The van der Waals surface area contributed by atoms with Gasteiger partial charge >= 0.3 is 5.69 Å². The Bertz CT molecular complexity index is 775. The van der Waals surface area contributed by atoms with Gasteiger partial charge in [0.05, 0.1) is 10.6 Å². The topological polar surface area (TPSA) is 93.8 Å². The highest BCUT2D eigenvalue weighted by Crippen LogP contribution is 2.25. The summed E-state index contributed by atoms with van der Waals surface area (Å²) in [4.78, 5) is 22.0. The molecule has 0 saturated carbocycles. The van der Waals surface area contributed by atoms with Crippen molar-refractivity contribution in [2.45, 2.75) is 6.92 Å². The Hall–Kier alpha value is -2.93. The van der Waals surface area contributed by atoms with Crippen LogP contribution in [0.2, 0.25) is 5.02 Å². The molecule has 0 aliphatic carbocycles. The van der Waals surface area contributed by atoms with Crippen molar-refractivity contribution in [2.75, 3.05) is 6.61 Å². The van der Waals surface area contributed by atoms with Crippen molar-refractivity contribution < 1.29 is 14.5 Å². The van der Waals surface area contributed by atoms with Gasteiger partial charge < -0.3 is 4.74 Å². The molecule has 7 nitrogen and oxygen atoms in total. The molecule has 1 N–H and O–H groups in total. The number of rotatable bonds is 6. The SMILES string of the molecule is CC(=NNC(=O)COc1ccccc1[N+](=O)[O-])c1ccc(Cl)cc1. The summed E-state index contributed by atoms with van der Waals surface area (Å²) >= 11 is 5.80. The molecule has 2 rings (SSSR count). The molecule has 124 valence electrons. The Morgan fingerprint density at radius 3 is 2.58 bits per heavy atom. The average molecular weight is 348 g/mol.